The van der Waals surface area contributed by atoms with Crippen LogP contribution in [0.5, 0.6) is 0 Å². The molecule has 112 valence electrons. The average Bonchev–Trinajstić information content (AvgIpc) is 2.99. The summed E-state index contributed by atoms with van der Waals surface area (Å²) in [5.74, 6) is 0.180. The molecule has 21 heavy (non-hydrogen) atoms. The van der Waals surface area contributed by atoms with Gasteiger partial charge in [0.05, 0.1) is 11.1 Å². The zero-order chi connectivity index (χ0) is 15.2. The molecule has 0 aliphatic rings. The minimum absolute atomic E-state index is 0.180. The molecule has 1 aromatic heterocycles. The molecule has 0 bridgehead atoms. The molecule has 0 saturated carbocycles. The lowest BCUT2D eigenvalue weighted by molar-refractivity contribution is 0.199. The molecule has 0 fully saturated rings. The molecule has 2 amide bonds. The van der Waals surface area contributed by atoms with Crippen molar-refractivity contribution in [3.63, 3.8) is 0 Å². The normalized spacial score (nSPS) is 13.5. The van der Waals surface area contributed by atoms with Gasteiger partial charge in [0.1, 0.15) is 0 Å². The quantitative estimate of drug-likeness (QED) is 0.794. The summed E-state index contributed by atoms with van der Waals surface area (Å²) in [6.45, 7) is 4.23. The molecule has 2 atom stereocenters. The first-order chi connectivity index (χ1) is 10.1. The Morgan fingerprint density at radius 1 is 1.43 bits per heavy atom. The summed E-state index contributed by atoms with van der Waals surface area (Å²) < 4.78 is 0. The van der Waals surface area contributed by atoms with Crippen LogP contribution in [0.4, 0.5) is 10.5 Å². The molecule has 0 radical (unpaired) electrons. The first-order valence-electron chi connectivity index (χ1n) is 6.78. The van der Waals surface area contributed by atoms with Crippen LogP contribution in [-0.4, -0.2) is 22.7 Å². The van der Waals surface area contributed by atoms with Crippen molar-refractivity contribution in [2.75, 3.05) is 11.9 Å². The predicted octanol–water partition coefficient (Wildman–Crippen LogP) is 3.12. The Morgan fingerprint density at radius 2 is 2.24 bits per heavy atom. The monoisotopic (exact) mass is 305 g/mol. The maximum Gasteiger partial charge on any atom is 0.319 e. The van der Waals surface area contributed by atoms with Gasteiger partial charge in [-0.05, 0) is 24.6 Å². The number of urea groups is 1. The van der Waals surface area contributed by atoms with E-state index in [1.165, 1.54) is 0 Å². The summed E-state index contributed by atoms with van der Waals surface area (Å²) in [6, 6.07) is 6.90. The van der Waals surface area contributed by atoms with Gasteiger partial charge in [0.2, 0.25) is 0 Å². The number of nitrogens with one attached hydrogen (secondary N) is 2. The summed E-state index contributed by atoms with van der Waals surface area (Å²) in [5.41, 5.74) is 1.43. The van der Waals surface area contributed by atoms with E-state index in [9.17, 15) is 9.90 Å². The van der Waals surface area contributed by atoms with Gasteiger partial charge in [-0.2, -0.15) is 0 Å². The van der Waals surface area contributed by atoms with Crippen molar-refractivity contribution in [3.8, 4) is 0 Å². The Hall–Kier alpha value is -1.92. The number of carbonyl (C=O) groups is 1. The number of aliphatic hydroxyl groups excluding tert-OH is 1. The second kappa shape index (κ2) is 7.19. The number of amides is 2. The molecule has 2 rings (SSSR count). The third-order valence-electron chi connectivity index (χ3n) is 3.07. The van der Waals surface area contributed by atoms with Crippen LogP contribution in [-0.2, 0) is 0 Å². The number of hydrogen-bond acceptors (Lipinski definition) is 4. The lowest BCUT2D eigenvalue weighted by Crippen LogP contribution is -2.31. The average molecular weight is 305 g/mol. The standard InChI is InChI=1S/C15H19N3O2S/c1-10(14-16-6-7-21-14)9-17-15(20)18-13-5-3-4-12(8-13)11(2)19/h3-8,10-11,19H,9H2,1-2H3,(H2,17,18,20). The van der Waals surface area contributed by atoms with Gasteiger partial charge in [-0.3, -0.25) is 0 Å². The SMILES string of the molecule is CC(O)c1cccc(NC(=O)NCC(C)c2nccs2)c1. The number of thiazole rings is 1. The van der Waals surface area contributed by atoms with Crippen LogP contribution in [0.15, 0.2) is 35.8 Å². The van der Waals surface area contributed by atoms with Crippen LogP contribution < -0.4 is 10.6 Å². The maximum atomic E-state index is 11.9. The number of benzene rings is 1. The van der Waals surface area contributed by atoms with Crippen LogP contribution in [0.25, 0.3) is 0 Å². The molecule has 6 heteroatoms. The minimum Gasteiger partial charge on any atom is -0.389 e. The van der Waals surface area contributed by atoms with E-state index in [2.05, 4.69) is 15.6 Å². The third-order valence-corrected chi connectivity index (χ3v) is 4.08. The van der Waals surface area contributed by atoms with Crippen molar-refractivity contribution in [3.05, 3.63) is 46.4 Å². The number of rotatable bonds is 5. The van der Waals surface area contributed by atoms with Gasteiger partial charge in [0.25, 0.3) is 0 Å². The second-order valence-corrected chi connectivity index (χ2v) is 5.83. The highest BCUT2D eigenvalue weighted by atomic mass is 32.1. The highest BCUT2D eigenvalue weighted by molar-refractivity contribution is 7.09. The lowest BCUT2D eigenvalue weighted by Gasteiger charge is -2.12. The molecule has 0 aliphatic heterocycles. The van der Waals surface area contributed by atoms with Crippen LogP contribution in [0.2, 0.25) is 0 Å². The lowest BCUT2D eigenvalue weighted by atomic mass is 10.1. The summed E-state index contributed by atoms with van der Waals surface area (Å²) in [5, 5.41) is 18.0. The van der Waals surface area contributed by atoms with E-state index in [1.807, 2.05) is 18.4 Å². The molecule has 1 aromatic carbocycles. The molecule has 5 nitrogen and oxygen atoms in total. The molecule has 0 aliphatic carbocycles. The first-order valence-corrected chi connectivity index (χ1v) is 7.66. The summed E-state index contributed by atoms with van der Waals surface area (Å²) in [6.07, 6.45) is 1.21. The zero-order valence-corrected chi connectivity index (χ0v) is 12.9. The van der Waals surface area contributed by atoms with Crippen molar-refractivity contribution in [1.29, 1.82) is 0 Å². The summed E-state index contributed by atoms with van der Waals surface area (Å²) in [4.78, 5) is 16.1. The highest BCUT2D eigenvalue weighted by Crippen LogP contribution is 2.18. The molecule has 3 N–H and O–H groups in total. The van der Waals surface area contributed by atoms with Gasteiger partial charge < -0.3 is 15.7 Å². The van der Waals surface area contributed by atoms with E-state index >= 15 is 0 Å². The van der Waals surface area contributed by atoms with Crippen LogP contribution in [0, 0.1) is 0 Å². The Bertz CT molecular complexity index is 584. The molecule has 0 saturated heterocycles. The number of nitrogens with zero attached hydrogens (tertiary/aromatic N) is 1. The van der Waals surface area contributed by atoms with Crippen molar-refractivity contribution in [2.24, 2.45) is 0 Å². The minimum atomic E-state index is -0.556. The van der Waals surface area contributed by atoms with Crippen molar-refractivity contribution < 1.29 is 9.90 Å². The fourth-order valence-electron chi connectivity index (χ4n) is 1.86. The van der Waals surface area contributed by atoms with Gasteiger partial charge in [-0.15, -0.1) is 11.3 Å². The van der Waals surface area contributed by atoms with E-state index in [-0.39, 0.29) is 11.9 Å². The molecule has 2 aromatic rings. The molecule has 2 unspecified atom stereocenters. The van der Waals surface area contributed by atoms with Crippen molar-refractivity contribution in [1.82, 2.24) is 10.3 Å². The third kappa shape index (κ3) is 4.54. The predicted molar refractivity (Wildman–Crippen MR) is 84.6 cm³/mol. The molecule has 0 spiro atoms. The largest absolute Gasteiger partial charge is 0.389 e. The topological polar surface area (TPSA) is 74.2 Å². The van der Waals surface area contributed by atoms with E-state index in [4.69, 9.17) is 0 Å². The highest BCUT2D eigenvalue weighted by Gasteiger charge is 2.10. The molecule has 1 heterocycles. The molecular weight excluding hydrogens is 286 g/mol. The summed E-state index contributed by atoms with van der Waals surface area (Å²) in [7, 11) is 0. The second-order valence-electron chi connectivity index (χ2n) is 4.91. The van der Waals surface area contributed by atoms with E-state index in [0.717, 1.165) is 10.6 Å². The fourth-order valence-corrected chi connectivity index (χ4v) is 2.56. The van der Waals surface area contributed by atoms with Crippen molar-refractivity contribution in [2.45, 2.75) is 25.9 Å². The van der Waals surface area contributed by atoms with Gasteiger partial charge in [0, 0.05) is 29.7 Å². The van der Waals surface area contributed by atoms with E-state index in [0.29, 0.717) is 12.2 Å². The summed E-state index contributed by atoms with van der Waals surface area (Å²) >= 11 is 1.58. The number of hydrogen-bond donors (Lipinski definition) is 3. The zero-order valence-electron chi connectivity index (χ0n) is 12.0. The fraction of sp³-hybridized carbons (Fsp3) is 0.333. The van der Waals surface area contributed by atoms with Gasteiger partial charge in [0.15, 0.2) is 0 Å². The van der Waals surface area contributed by atoms with Crippen LogP contribution >= 0.6 is 11.3 Å². The number of anilines is 1. The Kier molecular flexibility index (Phi) is 5.30. The Labute approximate surface area is 128 Å². The number of carbonyl (C=O) groups excluding carboxylic acids is 1. The van der Waals surface area contributed by atoms with Gasteiger partial charge >= 0.3 is 6.03 Å². The number of aromatic nitrogens is 1. The smallest absolute Gasteiger partial charge is 0.319 e. The van der Waals surface area contributed by atoms with Gasteiger partial charge in [-0.1, -0.05) is 19.1 Å². The van der Waals surface area contributed by atoms with E-state index < -0.39 is 6.10 Å². The maximum absolute atomic E-state index is 11.9. The van der Waals surface area contributed by atoms with E-state index in [1.54, 1.807) is 42.7 Å². The van der Waals surface area contributed by atoms with Crippen LogP contribution in [0.1, 0.15) is 36.4 Å². The van der Waals surface area contributed by atoms with Crippen molar-refractivity contribution >= 4 is 23.1 Å². The Morgan fingerprint density at radius 3 is 2.90 bits per heavy atom. The Balaban J connectivity index is 1.86. The number of aliphatic hydroxyl groups is 1. The molecular formula is C15H19N3O2S. The first kappa shape index (κ1) is 15.5. The van der Waals surface area contributed by atoms with Crippen LogP contribution in [0.3, 0.4) is 0 Å². The van der Waals surface area contributed by atoms with Gasteiger partial charge in [-0.25, -0.2) is 9.78 Å².